The minimum Gasteiger partial charge on any atom is -0.507 e. The first kappa shape index (κ1) is 37.1. The van der Waals surface area contributed by atoms with E-state index in [2.05, 4.69) is 20.7 Å². The summed E-state index contributed by atoms with van der Waals surface area (Å²) in [5.74, 6) is -2.48. The third-order valence-corrected chi connectivity index (χ3v) is 10.7. The molecule has 0 spiro atoms. The quantitative estimate of drug-likeness (QED) is 0.0898. The number of unbranched alkanes of at least 4 members (excludes halogenated alkanes) is 1. The molecule has 0 radical (unpaired) electrons. The molecule has 0 saturated carbocycles. The number of esters is 1. The van der Waals surface area contributed by atoms with E-state index in [9.17, 15) is 38.2 Å². The molecule has 3 aromatic rings. The molecule has 3 aromatic carbocycles. The zero-order chi connectivity index (χ0) is 36.6. The van der Waals surface area contributed by atoms with E-state index in [0.717, 1.165) is 5.56 Å². The Morgan fingerprint density at radius 2 is 1.71 bits per heavy atom. The fourth-order valence-corrected chi connectivity index (χ4v) is 7.70. The number of phenols is 1. The van der Waals surface area contributed by atoms with Gasteiger partial charge >= 0.3 is 5.97 Å². The van der Waals surface area contributed by atoms with Crippen molar-refractivity contribution in [1.82, 2.24) is 20.7 Å². The van der Waals surface area contributed by atoms with Gasteiger partial charge in [0.2, 0.25) is 23.6 Å². The van der Waals surface area contributed by atoms with Gasteiger partial charge < -0.3 is 30.5 Å². The van der Waals surface area contributed by atoms with Crippen LogP contribution < -0.4 is 25.4 Å². The number of phenolic OH excluding ortho intramolecular Hbond substituents is 1. The van der Waals surface area contributed by atoms with Crippen molar-refractivity contribution < 1.29 is 47.7 Å². The summed E-state index contributed by atoms with van der Waals surface area (Å²) < 4.78 is 33.3. The summed E-state index contributed by atoms with van der Waals surface area (Å²) in [6.45, 7) is 0.425. The maximum atomic E-state index is 14.0. The van der Waals surface area contributed by atoms with Crippen molar-refractivity contribution in [2.24, 2.45) is 0 Å². The van der Waals surface area contributed by atoms with E-state index in [4.69, 9.17) is 9.47 Å². The van der Waals surface area contributed by atoms with E-state index in [1.165, 1.54) is 13.2 Å². The molecule has 0 bridgehead atoms. The fourth-order valence-electron chi connectivity index (χ4n) is 6.22. The van der Waals surface area contributed by atoms with Crippen LogP contribution in [0.15, 0.2) is 72.8 Å². The Morgan fingerprint density at radius 3 is 2.35 bits per heavy atom. The highest BCUT2D eigenvalue weighted by atomic mass is 32.3. The molecule has 2 saturated heterocycles. The predicted molar refractivity (Wildman–Crippen MR) is 188 cm³/mol. The van der Waals surface area contributed by atoms with Crippen molar-refractivity contribution in [3.63, 3.8) is 0 Å². The van der Waals surface area contributed by atoms with Gasteiger partial charge in [-0.15, -0.1) is 10.8 Å². The summed E-state index contributed by atoms with van der Waals surface area (Å²) in [5.41, 5.74) is 0.739. The Morgan fingerprint density at radius 1 is 0.961 bits per heavy atom. The minimum atomic E-state index is -3.34. The molecule has 0 aromatic heterocycles. The van der Waals surface area contributed by atoms with Crippen molar-refractivity contribution >= 4 is 40.4 Å². The molecule has 15 heteroatoms. The molecule has 0 aliphatic carbocycles. The van der Waals surface area contributed by atoms with Gasteiger partial charge in [-0.25, -0.2) is 4.79 Å². The molecule has 2 heterocycles. The van der Waals surface area contributed by atoms with E-state index in [-0.39, 0.29) is 68.2 Å². The minimum absolute atomic E-state index is 0.0662. The lowest BCUT2D eigenvalue weighted by atomic mass is 9.87. The van der Waals surface area contributed by atoms with Gasteiger partial charge in [0.05, 0.1) is 20.1 Å². The number of rotatable bonds is 15. The number of amides is 4. The zero-order valence-electron chi connectivity index (χ0n) is 28.1. The number of methoxy groups -OCH3 is 1. The summed E-state index contributed by atoms with van der Waals surface area (Å²) in [5, 5.41) is 17.9. The lowest BCUT2D eigenvalue weighted by molar-refractivity contribution is -0.133. The maximum absolute atomic E-state index is 14.0. The molecular formula is C36H42N4O10S. The number of aromatic hydroxyl groups is 1. The standard InChI is InChI=1S/C36H42N4O10S/c1-49-34(45)32-27(41)10-7-11-28(32)50-19-6-5-18-37-33(44)26(20-23-12-14-25(15-13-23)29-21-31(43)40-51(29,47)48)38-35(46)36(17-16-30(42)39-36)22-24-8-3-2-4-9-24/h2-4,7-15,26,29,41,47-48H,5-6,16-22H2,1H3,(H,37,44)(H,38,46)(H,39,42)(H,40,43)/t26-,29?,36?/m0/s1. The van der Waals surface area contributed by atoms with Crippen molar-refractivity contribution in [3.8, 4) is 11.5 Å². The van der Waals surface area contributed by atoms with Crippen molar-refractivity contribution in [1.29, 1.82) is 0 Å². The Balaban J connectivity index is 1.25. The number of nitrogens with one attached hydrogen (secondary N) is 4. The van der Waals surface area contributed by atoms with Gasteiger partial charge in [-0.1, -0.05) is 60.7 Å². The van der Waals surface area contributed by atoms with Gasteiger partial charge in [-0.2, -0.15) is 0 Å². The van der Waals surface area contributed by atoms with E-state index in [0.29, 0.717) is 24.0 Å². The summed E-state index contributed by atoms with van der Waals surface area (Å²) in [4.78, 5) is 63.9. The molecule has 2 aliphatic rings. The first-order chi connectivity index (χ1) is 24.4. The van der Waals surface area contributed by atoms with Crippen LogP contribution in [0.2, 0.25) is 0 Å². The Kier molecular flexibility index (Phi) is 11.8. The highest BCUT2D eigenvalue weighted by Crippen LogP contribution is 2.56. The average Bonchev–Trinajstić information content (AvgIpc) is 3.62. The van der Waals surface area contributed by atoms with Gasteiger partial charge in [0.15, 0.2) is 0 Å². The lowest BCUT2D eigenvalue weighted by Gasteiger charge is -2.33. The number of hydrogen-bond acceptors (Lipinski definition) is 10. The van der Waals surface area contributed by atoms with E-state index >= 15 is 0 Å². The summed E-state index contributed by atoms with van der Waals surface area (Å²) in [7, 11) is -2.14. The van der Waals surface area contributed by atoms with Gasteiger partial charge in [0.25, 0.3) is 0 Å². The van der Waals surface area contributed by atoms with Crippen LogP contribution in [-0.2, 0) is 36.8 Å². The van der Waals surface area contributed by atoms with Crippen LogP contribution in [0.25, 0.3) is 0 Å². The highest BCUT2D eigenvalue weighted by Gasteiger charge is 2.45. The van der Waals surface area contributed by atoms with E-state index < -0.39 is 51.3 Å². The second-order valence-electron chi connectivity index (χ2n) is 12.6. The van der Waals surface area contributed by atoms with Gasteiger partial charge in [-0.05, 0) is 48.1 Å². The van der Waals surface area contributed by atoms with Crippen LogP contribution in [-0.4, -0.2) is 75.7 Å². The highest BCUT2D eigenvalue weighted by molar-refractivity contribution is 8.23. The second kappa shape index (κ2) is 16.3. The van der Waals surface area contributed by atoms with Gasteiger partial charge in [-0.3, -0.25) is 33.0 Å². The summed E-state index contributed by atoms with van der Waals surface area (Å²) >= 11 is 0. The number of carbonyl (C=O) groups excluding carboxylic acids is 5. The fraction of sp³-hybridized carbons (Fsp3) is 0.361. The first-order valence-electron chi connectivity index (χ1n) is 16.5. The molecule has 2 unspecified atom stereocenters. The normalized spacial score (nSPS) is 20.4. The molecule has 7 N–H and O–H groups in total. The number of hydrogen-bond donors (Lipinski definition) is 7. The number of benzene rings is 3. The molecule has 4 amide bonds. The monoisotopic (exact) mass is 722 g/mol. The van der Waals surface area contributed by atoms with Crippen LogP contribution >= 0.6 is 10.8 Å². The van der Waals surface area contributed by atoms with E-state index in [1.54, 1.807) is 36.4 Å². The van der Waals surface area contributed by atoms with Crippen molar-refractivity contribution in [2.75, 3.05) is 20.3 Å². The van der Waals surface area contributed by atoms with Crippen molar-refractivity contribution in [2.45, 2.75) is 61.8 Å². The van der Waals surface area contributed by atoms with Crippen LogP contribution in [0.4, 0.5) is 0 Å². The smallest absolute Gasteiger partial charge is 0.345 e. The molecule has 5 rings (SSSR count). The van der Waals surface area contributed by atoms with Crippen LogP contribution in [0.3, 0.4) is 0 Å². The van der Waals surface area contributed by atoms with Crippen LogP contribution in [0.5, 0.6) is 11.5 Å². The molecular weight excluding hydrogens is 680 g/mol. The molecule has 14 nitrogen and oxygen atoms in total. The van der Waals surface area contributed by atoms with Crippen LogP contribution in [0.1, 0.15) is 64.4 Å². The Bertz CT molecular complexity index is 1750. The van der Waals surface area contributed by atoms with Crippen molar-refractivity contribution in [3.05, 3.63) is 95.1 Å². The lowest BCUT2D eigenvalue weighted by Crippen LogP contribution is -2.60. The third kappa shape index (κ3) is 9.17. The third-order valence-electron chi connectivity index (χ3n) is 8.91. The Hall–Kier alpha value is -5.12. The first-order valence-corrected chi connectivity index (χ1v) is 18.1. The van der Waals surface area contributed by atoms with Gasteiger partial charge in [0, 0.05) is 25.8 Å². The predicted octanol–water partition coefficient (Wildman–Crippen LogP) is 3.30. The molecule has 3 atom stereocenters. The van der Waals surface area contributed by atoms with Gasteiger partial charge in [0.1, 0.15) is 33.9 Å². The second-order valence-corrected chi connectivity index (χ2v) is 14.5. The average molecular weight is 723 g/mol. The van der Waals surface area contributed by atoms with E-state index in [1.807, 2.05) is 30.3 Å². The molecule has 272 valence electrons. The summed E-state index contributed by atoms with van der Waals surface area (Å²) in [6.07, 6.45) is 1.66. The topological polar surface area (TPSA) is 213 Å². The summed E-state index contributed by atoms with van der Waals surface area (Å²) in [6, 6.07) is 19.4. The van der Waals surface area contributed by atoms with Crippen LogP contribution in [0, 0.1) is 0 Å². The Labute approximate surface area is 296 Å². The molecule has 51 heavy (non-hydrogen) atoms. The number of ether oxygens (including phenoxy) is 2. The SMILES string of the molecule is COC(=O)c1c(O)cccc1OCCCCNC(=O)[C@H](Cc1ccc(C2CC(=O)NS2(O)O)cc1)NC(=O)C1(Cc2ccccc2)CCC(=O)N1. The largest absolute Gasteiger partial charge is 0.507 e. The zero-order valence-corrected chi connectivity index (χ0v) is 28.9. The number of carbonyl (C=O) groups is 5. The molecule has 2 fully saturated rings. The maximum Gasteiger partial charge on any atom is 0.345 e. The molecule has 2 aliphatic heterocycles.